The maximum absolute atomic E-state index is 15.0. The van der Waals surface area contributed by atoms with Gasteiger partial charge in [-0.25, -0.2) is 0 Å². The molecule has 0 spiro atoms. The topological polar surface area (TPSA) is 123 Å². The standard InChI is InChI=1S/C34H41N3O6S/c1-35(2)21-22-36-30-12-8-7-11-29(30)32(31(24-13-17-27(38)18-14-24)25-15-19-28(39)20-16-25)33(36)34(40)37(23-44(41,42)43)26-9-5-3-4-6-10-26/h7-8,11-20,26,31,38-39H,3-6,9-10,21-23H2,1-2H3,(H,41,42,43). The summed E-state index contributed by atoms with van der Waals surface area (Å²) in [5.74, 6) is -1.51. The highest BCUT2D eigenvalue weighted by Gasteiger charge is 2.36. The van der Waals surface area contributed by atoms with Gasteiger partial charge < -0.3 is 24.6 Å². The normalized spacial score (nSPS) is 14.8. The molecule has 9 nitrogen and oxygen atoms in total. The number of aromatic hydroxyl groups is 2. The molecule has 1 heterocycles. The first-order valence-electron chi connectivity index (χ1n) is 15.1. The van der Waals surface area contributed by atoms with Crippen LogP contribution in [-0.4, -0.2) is 76.0 Å². The van der Waals surface area contributed by atoms with Gasteiger partial charge in [0, 0.05) is 41.5 Å². The minimum Gasteiger partial charge on any atom is -0.508 e. The second-order valence-electron chi connectivity index (χ2n) is 12.0. The van der Waals surface area contributed by atoms with Crippen LogP contribution in [0.15, 0.2) is 72.8 Å². The number of carbonyl (C=O) groups is 1. The third kappa shape index (κ3) is 7.09. The minimum absolute atomic E-state index is 0.107. The molecule has 10 heteroatoms. The number of phenols is 2. The Labute approximate surface area is 259 Å². The highest BCUT2D eigenvalue weighted by atomic mass is 32.2. The molecule has 1 saturated carbocycles. The summed E-state index contributed by atoms with van der Waals surface area (Å²) in [4.78, 5) is 18.4. The number of carbonyl (C=O) groups excluding carboxylic acids is 1. The van der Waals surface area contributed by atoms with Crippen molar-refractivity contribution in [1.82, 2.24) is 14.4 Å². The minimum atomic E-state index is -4.52. The average molecular weight is 620 g/mol. The number of rotatable bonds is 10. The van der Waals surface area contributed by atoms with E-state index >= 15 is 4.79 Å². The summed E-state index contributed by atoms with van der Waals surface area (Å²) in [6, 6.07) is 21.1. The largest absolute Gasteiger partial charge is 0.508 e. The summed E-state index contributed by atoms with van der Waals surface area (Å²) in [7, 11) is -0.605. The van der Waals surface area contributed by atoms with Gasteiger partial charge >= 0.3 is 0 Å². The molecule has 1 amide bonds. The molecule has 0 aliphatic heterocycles. The summed E-state index contributed by atoms with van der Waals surface area (Å²) >= 11 is 0. The van der Waals surface area contributed by atoms with E-state index in [2.05, 4.69) is 0 Å². The maximum Gasteiger partial charge on any atom is 0.283 e. The molecule has 4 aromatic rings. The van der Waals surface area contributed by atoms with Gasteiger partial charge in [0.25, 0.3) is 16.0 Å². The molecular weight excluding hydrogens is 578 g/mol. The quantitative estimate of drug-likeness (QED) is 0.151. The number of likely N-dealkylation sites (N-methyl/N-ethyl adjacent to an activating group) is 1. The maximum atomic E-state index is 15.0. The van der Waals surface area contributed by atoms with Crippen LogP contribution in [0.2, 0.25) is 0 Å². The highest BCUT2D eigenvalue weighted by molar-refractivity contribution is 7.85. The average Bonchev–Trinajstić information content (AvgIpc) is 3.10. The fraction of sp³-hybridized carbons (Fsp3) is 0.382. The van der Waals surface area contributed by atoms with Crippen molar-refractivity contribution in [3.05, 3.63) is 95.2 Å². The van der Waals surface area contributed by atoms with Crippen molar-refractivity contribution in [3.63, 3.8) is 0 Å². The second kappa shape index (κ2) is 13.4. The molecule has 1 fully saturated rings. The van der Waals surface area contributed by atoms with Crippen LogP contribution in [0.1, 0.15) is 71.6 Å². The Morgan fingerprint density at radius 3 is 1.93 bits per heavy atom. The molecule has 1 aliphatic carbocycles. The van der Waals surface area contributed by atoms with Gasteiger partial charge in [0.15, 0.2) is 0 Å². The van der Waals surface area contributed by atoms with Gasteiger partial charge in [-0.1, -0.05) is 68.1 Å². The van der Waals surface area contributed by atoms with Crippen molar-refractivity contribution >= 4 is 26.9 Å². The molecule has 0 atom stereocenters. The van der Waals surface area contributed by atoms with Gasteiger partial charge in [0.2, 0.25) is 0 Å². The van der Waals surface area contributed by atoms with Crippen molar-refractivity contribution in [3.8, 4) is 11.5 Å². The monoisotopic (exact) mass is 619 g/mol. The molecule has 3 N–H and O–H groups in total. The zero-order valence-corrected chi connectivity index (χ0v) is 26.1. The Balaban J connectivity index is 1.81. The Morgan fingerprint density at radius 1 is 0.864 bits per heavy atom. The van der Waals surface area contributed by atoms with Gasteiger partial charge in [-0.05, 0) is 68.4 Å². The van der Waals surface area contributed by atoms with Crippen LogP contribution in [0.25, 0.3) is 10.9 Å². The predicted molar refractivity (Wildman–Crippen MR) is 172 cm³/mol. The van der Waals surface area contributed by atoms with Gasteiger partial charge in [0.05, 0.1) is 0 Å². The lowest BCUT2D eigenvalue weighted by Gasteiger charge is -2.32. The molecule has 0 unspecified atom stereocenters. The van der Waals surface area contributed by atoms with E-state index in [9.17, 15) is 23.2 Å². The fourth-order valence-electron chi connectivity index (χ4n) is 6.46. The van der Waals surface area contributed by atoms with E-state index in [-0.39, 0.29) is 17.5 Å². The zero-order valence-electron chi connectivity index (χ0n) is 25.3. The van der Waals surface area contributed by atoms with E-state index in [0.29, 0.717) is 37.2 Å². The molecule has 3 aromatic carbocycles. The van der Waals surface area contributed by atoms with Crippen LogP contribution in [0.5, 0.6) is 11.5 Å². The molecule has 44 heavy (non-hydrogen) atoms. The van der Waals surface area contributed by atoms with Gasteiger partial charge in [-0.15, -0.1) is 0 Å². The van der Waals surface area contributed by atoms with Crippen molar-refractivity contribution < 1.29 is 28.0 Å². The number of phenolic OH excluding ortho intramolecular Hbond substituents is 2. The lowest BCUT2D eigenvalue weighted by molar-refractivity contribution is 0.0683. The second-order valence-corrected chi connectivity index (χ2v) is 13.4. The van der Waals surface area contributed by atoms with Crippen molar-refractivity contribution in [1.29, 1.82) is 0 Å². The molecule has 1 aliphatic rings. The molecular formula is C34H41N3O6S. The Morgan fingerprint density at radius 2 is 1.41 bits per heavy atom. The molecule has 5 rings (SSSR count). The van der Waals surface area contributed by atoms with Crippen LogP contribution < -0.4 is 0 Å². The first-order chi connectivity index (χ1) is 21.0. The number of aromatic nitrogens is 1. The Kier molecular flexibility index (Phi) is 9.62. The van der Waals surface area contributed by atoms with Crippen molar-refractivity contribution in [2.75, 3.05) is 26.5 Å². The lowest BCUT2D eigenvalue weighted by atomic mass is 9.83. The number of hydrogen-bond donors (Lipinski definition) is 3. The van der Waals surface area contributed by atoms with Crippen LogP contribution in [0.3, 0.4) is 0 Å². The predicted octanol–water partition coefficient (Wildman–Crippen LogP) is 5.80. The summed E-state index contributed by atoms with van der Waals surface area (Å²) in [6.07, 6.45) is 5.10. The smallest absolute Gasteiger partial charge is 0.283 e. The Bertz CT molecular complexity index is 1640. The number of fused-ring (bicyclic) bond motifs is 1. The van der Waals surface area contributed by atoms with Crippen LogP contribution in [-0.2, 0) is 16.7 Å². The van der Waals surface area contributed by atoms with E-state index < -0.39 is 27.8 Å². The SMILES string of the molecule is CN(C)CCn1c(C(=O)N(CS(=O)(=O)O)C2CCCCCC2)c(C(c2ccc(O)cc2)c2ccc(O)cc2)c2ccccc21. The zero-order chi connectivity index (χ0) is 31.4. The summed E-state index contributed by atoms with van der Waals surface area (Å²) < 4.78 is 36.9. The third-order valence-corrected chi connectivity index (χ3v) is 9.16. The highest BCUT2D eigenvalue weighted by Crippen LogP contribution is 2.42. The summed E-state index contributed by atoms with van der Waals surface area (Å²) in [5.41, 5.74) is 3.53. The van der Waals surface area contributed by atoms with Crippen molar-refractivity contribution in [2.45, 2.75) is 57.0 Å². The van der Waals surface area contributed by atoms with Crippen LogP contribution in [0.4, 0.5) is 0 Å². The number of amides is 1. The van der Waals surface area contributed by atoms with E-state index in [0.717, 1.165) is 47.7 Å². The first kappa shape index (κ1) is 31.6. The fourth-order valence-corrected chi connectivity index (χ4v) is 7.14. The number of benzene rings is 3. The van der Waals surface area contributed by atoms with E-state index in [4.69, 9.17) is 0 Å². The van der Waals surface area contributed by atoms with E-state index in [1.165, 1.54) is 4.90 Å². The van der Waals surface area contributed by atoms with Gasteiger partial charge in [0.1, 0.15) is 23.1 Å². The van der Waals surface area contributed by atoms with Gasteiger partial charge in [-0.3, -0.25) is 9.35 Å². The Hall–Kier alpha value is -3.86. The van der Waals surface area contributed by atoms with E-state index in [1.807, 2.05) is 72.1 Å². The molecule has 0 bridgehead atoms. The first-order valence-corrected chi connectivity index (χ1v) is 16.7. The number of para-hydroxylation sites is 1. The lowest BCUT2D eigenvalue weighted by Crippen LogP contribution is -2.44. The summed E-state index contributed by atoms with van der Waals surface area (Å²) in [5, 5.41) is 21.1. The molecule has 0 saturated heterocycles. The third-order valence-electron chi connectivity index (χ3n) is 8.55. The van der Waals surface area contributed by atoms with E-state index in [1.54, 1.807) is 24.3 Å². The molecule has 234 valence electrons. The summed E-state index contributed by atoms with van der Waals surface area (Å²) in [6.45, 7) is 1.10. The van der Waals surface area contributed by atoms with Crippen molar-refractivity contribution in [2.24, 2.45) is 0 Å². The van der Waals surface area contributed by atoms with Crippen LogP contribution >= 0.6 is 0 Å². The molecule has 0 radical (unpaired) electrons. The van der Waals surface area contributed by atoms with Crippen LogP contribution in [0, 0.1) is 0 Å². The number of hydrogen-bond acceptors (Lipinski definition) is 6. The molecule has 1 aromatic heterocycles. The number of nitrogens with zero attached hydrogens (tertiary/aromatic N) is 3. The van der Waals surface area contributed by atoms with Gasteiger partial charge in [-0.2, -0.15) is 8.42 Å².